The number of nitrogens with one attached hydrogen (secondary N) is 1. The summed E-state index contributed by atoms with van der Waals surface area (Å²) in [5.41, 5.74) is 1.64. The second-order valence-electron chi connectivity index (χ2n) is 5.00. The van der Waals surface area contributed by atoms with Gasteiger partial charge in [-0.15, -0.1) is 0 Å². The number of hydrogen-bond acceptors (Lipinski definition) is 5. The van der Waals surface area contributed by atoms with Crippen molar-refractivity contribution in [1.29, 1.82) is 0 Å². The number of carboxylic acids is 1. The van der Waals surface area contributed by atoms with Gasteiger partial charge in [0.15, 0.2) is 0 Å². The number of pyridine rings is 1. The van der Waals surface area contributed by atoms with E-state index in [0.29, 0.717) is 12.4 Å². The molecule has 1 aromatic heterocycles. The molecule has 3 heterocycles. The van der Waals surface area contributed by atoms with Gasteiger partial charge in [0.1, 0.15) is 5.82 Å². The molecule has 1 atom stereocenters. The van der Waals surface area contributed by atoms with E-state index in [1.54, 1.807) is 18.0 Å². The summed E-state index contributed by atoms with van der Waals surface area (Å²) < 4.78 is 0. The van der Waals surface area contributed by atoms with Crippen molar-refractivity contribution in [2.45, 2.75) is 12.6 Å². The Kier molecular flexibility index (Phi) is 3.94. The van der Waals surface area contributed by atoms with E-state index in [-0.39, 0.29) is 11.9 Å². The van der Waals surface area contributed by atoms with Gasteiger partial charge in [-0.05, 0) is 17.7 Å². The van der Waals surface area contributed by atoms with Gasteiger partial charge in [0.2, 0.25) is 5.91 Å². The maximum Gasteiger partial charge on any atom is 0.328 e. The molecule has 6 nitrogen and oxygen atoms in total. The summed E-state index contributed by atoms with van der Waals surface area (Å²) in [7, 11) is 0. The van der Waals surface area contributed by atoms with Crippen LogP contribution in [0.2, 0.25) is 0 Å². The first-order chi connectivity index (χ1) is 10.1. The lowest BCUT2D eigenvalue weighted by Crippen LogP contribution is -2.47. The van der Waals surface area contributed by atoms with Crippen LogP contribution in [0.5, 0.6) is 0 Å². The predicted molar refractivity (Wildman–Crippen MR) is 81.1 cm³/mol. The van der Waals surface area contributed by atoms with Crippen LogP contribution in [0.25, 0.3) is 6.08 Å². The SMILES string of the molecule is O=C(O)C=Cc1cnc2c(c1)CN1CCSCC1C(=O)N2. The summed E-state index contributed by atoms with van der Waals surface area (Å²) >= 11 is 1.79. The standard InChI is InChI=1S/C14H15N3O3S/c18-12(19)2-1-9-5-10-7-17-3-4-21-8-11(17)14(20)16-13(10)15-6-9/h1-2,5-6,11H,3-4,7-8H2,(H,18,19)(H,15,16,20). The number of aromatic nitrogens is 1. The van der Waals surface area contributed by atoms with Crippen LogP contribution < -0.4 is 5.32 Å². The number of thioether (sulfide) groups is 1. The van der Waals surface area contributed by atoms with Crippen LogP contribution in [-0.4, -0.2) is 51.0 Å². The number of nitrogens with zero attached hydrogens (tertiary/aromatic N) is 2. The third-order valence-corrected chi connectivity index (χ3v) is 4.59. The molecular weight excluding hydrogens is 290 g/mol. The first-order valence-electron chi connectivity index (χ1n) is 6.66. The van der Waals surface area contributed by atoms with E-state index < -0.39 is 5.97 Å². The van der Waals surface area contributed by atoms with Gasteiger partial charge in [-0.3, -0.25) is 9.69 Å². The lowest BCUT2D eigenvalue weighted by molar-refractivity contribution is -0.131. The molecule has 0 aromatic carbocycles. The lowest BCUT2D eigenvalue weighted by Gasteiger charge is -2.31. The fraction of sp³-hybridized carbons (Fsp3) is 0.357. The molecule has 1 unspecified atom stereocenters. The minimum Gasteiger partial charge on any atom is -0.478 e. The second kappa shape index (κ2) is 5.87. The fourth-order valence-corrected chi connectivity index (χ4v) is 3.62. The average Bonchev–Trinajstić information content (AvgIpc) is 2.61. The Labute approximate surface area is 126 Å². The minimum absolute atomic E-state index is 0.0118. The van der Waals surface area contributed by atoms with E-state index in [1.165, 1.54) is 6.08 Å². The Morgan fingerprint density at radius 2 is 2.43 bits per heavy atom. The molecular formula is C14H15N3O3S. The summed E-state index contributed by atoms with van der Waals surface area (Å²) in [6.07, 6.45) is 4.16. The number of rotatable bonds is 2. The lowest BCUT2D eigenvalue weighted by atomic mass is 10.1. The highest BCUT2D eigenvalue weighted by atomic mass is 32.2. The van der Waals surface area contributed by atoms with E-state index in [1.807, 2.05) is 6.07 Å². The number of hydrogen-bond donors (Lipinski definition) is 2. The minimum atomic E-state index is -0.994. The maximum atomic E-state index is 12.2. The number of aliphatic carboxylic acids is 1. The van der Waals surface area contributed by atoms with Crippen LogP contribution in [-0.2, 0) is 16.1 Å². The molecule has 0 bridgehead atoms. The molecule has 3 rings (SSSR count). The molecule has 0 aliphatic carbocycles. The topological polar surface area (TPSA) is 82.5 Å². The molecule has 7 heteroatoms. The van der Waals surface area contributed by atoms with Crippen molar-refractivity contribution in [3.05, 3.63) is 29.5 Å². The zero-order valence-corrected chi connectivity index (χ0v) is 12.1. The quantitative estimate of drug-likeness (QED) is 0.795. The summed E-state index contributed by atoms with van der Waals surface area (Å²) in [5.74, 6) is 1.39. The molecule has 1 amide bonds. The Balaban J connectivity index is 1.90. The first kappa shape index (κ1) is 14.1. The van der Waals surface area contributed by atoms with Crippen LogP contribution in [0.3, 0.4) is 0 Å². The van der Waals surface area contributed by atoms with E-state index in [0.717, 1.165) is 35.3 Å². The van der Waals surface area contributed by atoms with Gasteiger partial charge in [-0.25, -0.2) is 9.78 Å². The third kappa shape index (κ3) is 3.08. The highest BCUT2D eigenvalue weighted by Crippen LogP contribution is 2.26. The van der Waals surface area contributed by atoms with Crippen LogP contribution >= 0.6 is 11.8 Å². The molecule has 0 saturated carbocycles. The van der Waals surface area contributed by atoms with Crippen molar-refractivity contribution in [1.82, 2.24) is 9.88 Å². The number of carbonyl (C=O) groups is 2. The summed E-state index contributed by atoms with van der Waals surface area (Å²) in [4.78, 5) is 29.2. The Hall–Kier alpha value is -1.86. The molecule has 1 saturated heterocycles. The van der Waals surface area contributed by atoms with Crippen molar-refractivity contribution in [2.24, 2.45) is 0 Å². The number of amides is 1. The number of carbonyl (C=O) groups excluding carboxylic acids is 1. The van der Waals surface area contributed by atoms with E-state index in [2.05, 4.69) is 15.2 Å². The van der Waals surface area contributed by atoms with Gasteiger partial charge in [-0.1, -0.05) is 0 Å². The summed E-state index contributed by atoms with van der Waals surface area (Å²) in [5, 5.41) is 11.5. The van der Waals surface area contributed by atoms with Crippen LogP contribution in [0.1, 0.15) is 11.1 Å². The smallest absolute Gasteiger partial charge is 0.328 e. The zero-order valence-electron chi connectivity index (χ0n) is 11.3. The van der Waals surface area contributed by atoms with Gasteiger partial charge < -0.3 is 10.4 Å². The Morgan fingerprint density at radius 1 is 1.57 bits per heavy atom. The monoisotopic (exact) mass is 305 g/mol. The number of fused-ring (bicyclic) bond motifs is 2. The number of anilines is 1. The molecule has 2 aliphatic heterocycles. The molecule has 1 fully saturated rings. The normalized spacial score (nSPS) is 22.3. The van der Waals surface area contributed by atoms with Crippen molar-refractivity contribution in [2.75, 3.05) is 23.4 Å². The highest BCUT2D eigenvalue weighted by molar-refractivity contribution is 7.99. The zero-order chi connectivity index (χ0) is 14.8. The van der Waals surface area contributed by atoms with Gasteiger partial charge in [0, 0.05) is 42.4 Å². The van der Waals surface area contributed by atoms with Crippen molar-refractivity contribution in [3.8, 4) is 0 Å². The molecule has 21 heavy (non-hydrogen) atoms. The molecule has 1 aromatic rings. The fourth-order valence-electron chi connectivity index (χ4n) is 2.51. The van der Waals surface area contributed by atoms with Crippen molar-refractivity contribution < 1.29 is 14.7 Å². The molecule has 110 valence electrons. The van der Waals surface area contributed by atoms with Gasteiger partial charge in [0.25, 0.3) is 0 Å². The Morgan fingerprint density at radius 3 is 3.24 bits per heavy atom. The summed E-state index contributed by atoms with van der Waals surface area (Å²) in [6.45, 7) is 1.53. The summed E-state index contributed by atoms with van der Waals surface area (Å²) in [6, 6.07) is 1.77. The van der Waals surface area contributed by atoms with Gasteiger partial charge in [-0.2, -0.15) is 11.8 Å². The van der Waals surface area contributed by atoms with Crippen LogP contribution in [0.15, 0.2) is 18.3 Å². The van der Waals surface area contributed by atoms with Crippen molar-refractivity contribution >= 4 is 35.5 Å². The largest absolute Gasteiger partial charge is 0.478 e. The molecule has 2 N–H and O–H groups in total. The van der Waals surface area contributed by atoms with Gasteiger partial charge >= 0.3 is 5.97 Å². The van der Waals surface area contributed by atoms with Crippen molar-refractivity contribution in [3.63, 3.8) is 0 Å². The third-order valence-electron chi connectivity index (χ3n) is 3.56. The van der Waals surface area contributed by atoms with E-state index in [9.17, 15) is 9.59 Å². The molecule has 0 spiro atoms. The first-order valence-corrected chi connectivity index (χ1v) is 7.81. The van der Waals surface area contributed by atoms with E-state index >= 15 is 0 Å². The highest BCUT2D eigenvalue weighted by Gasteiger charge is 2.32. The molecule has 2 aliphatic rings. The van der Waals surface area contributed by atoms with Crippen LogP contribution in [0.4, 0.5) is 5.82 Å². The predicted octanol–water partition coefficient (Wildman–Crippen LogP) is 1.05. The Bertz CT molecular complexity index is 617. The van der Waals surface area contributed by atoms with Gasteiger partial charge in [0.05, 0.1) is 6.04 Å². The second-order valence-corrected chi connectivity index (χ2v) is 6.15. The number of carboxylic acid groups (broad SMARTS) is 1. The maximum absolute atomic E-state index is 12.2. The van der Waals surface area contributed by atoms with E-state index in [4.69, 9.17) is 5.11 Å². The van der Waals surface area contributed by atoms with Crippen LogP contribution in [0, 0.1) is 0 Å². The average molecular weight is 305 g/mol. The molecule has 0 radical (unpaired) electrons.